The predicted octanol–water partition coefficient (Wildman–Crippen LogP) is 6.26. The molecule has 9 heteroatoms. The molecule has 1 aliphatic rings. The second-order valence-corrected chi connectivity index (χ2v) is 11.8. The molecule has 0 bridgehead atoms. The Balaban J connectivity index is 1.46. The zero-order valence-corrected chi connectivity index (χ0v) is 22.3. The van der Waals surface area contributed by atoms with E-state index < -0.39 is 15.8 Å². The van der Waals surface area contributed by atoms with Crippen LogP contribution in [0, 0.1) is 5.82 Å². The van der Waals surface area contributed by atoms with Crippen molar-refractivity contribution < 1.29 is 22.3 Å². The third-order valence-corrected chi connectivity index (χ3v) is 7.51. The highest BCUT2D eigenvalue weighted by Gasteiger charge is 2.26. The van der Waals surface area contributed by atoms with Gasteiger partial charge in [0.15, 0.2) is 0 Å². The van der Waals surface area contributed by atoms with E-state index in [1.165, 1.54) is 23.8 Å². The minimum absolute atomic E-state index is 0.0207. The van der Waals surface area contributed by atoms with Gasteiger partial charge < -0.3 is 15.0 Å². The lowest BCUT2D eigenvalue weighted by Crippen LogP contribution is -2.30. The topological polar surface area (TPSA) is 87.7 Å². The molecule has 0 radical (unpaired) electrons. The van der Waals surface area contributed by atoms with Crippen molar-refractivity contribution in [2.75, 3.05) is 16.6 Å². The van der Waals surface area contributed by atoms with E-state index in [0.29, 0.717) is 25.3 Å². The van der Waals surface area contributed by atoms with Crippen LogP contribution in [0.15, 0.2) is 65.6 Å². The minimum Gasteiger partial charge on any atom is -0.491 e. The van der Waals surface area contributed by atoms with Crippen molar-refractivity contribution in [1.82, 2.24) is 4.90 Å². The third kappa shape index (κ3) is 6.22. The van der Waals surface area contributed by atoms with Crippen LogP contribution in [-0.2, 0) is 28.5 Å². The maximum atomic E-state index is 13.7. The fourth-order valence-corrected chi connectivity index (χ4v) is 5.17. The summed E-state index contributed by atoms with van der Waals surface area (Å²) in [5, 5.41) is 2.91. The average molecular weight is 526 g/mol. The number of urea groups is 1. The molecular formula is C28H32FN3O4S. The Bertz CT molecular complexity index is 1400. The van der Waals surface area contributed by atoms with Crippen molar-refractivity contribution in [3.8, 4) is 5.75 Å². The summed E-state index contributed by atoms with van der Waals surface area (Å²) in [4.78, 5) is 14.6. The van der Waals surface area contributed by atoms with Gasteiger partial charge in [-0.3, -0.25) is 4.72 Å². The van der Waals surface area contributed by atoms with Gasteiger partial charge in [0, 0.05) is 24.8 Å². The number of sulfonamides is 1. The van der Waals surface area contributed by atoms with Gasteiger partial charge in [0.1, 0.15) is 11.6 Å². The molecule has 0 spiro atoms. The molecule has 2 amide bonds. The van der Waals surface area contributed by atoms with Crippen LogP contribution in [0.25, 0.3) is 0 Å². The van der Waals surface area contributed by atoms with Crippen molar-refractivity contribution in [2.24, 2.45) is 0 Å². The van der Waals surface area contributed by atoms with Gasteiger partial charge >= 0.3 is 6.03 Å². The molecule has 7 nitrogen and oxygen atoms in total. The van der Waals surface area contributed by atoms with E-state index in [-0.39, 0.29) is 34.3 Å². The number of benzene rings is 3. The number of nitrogens with one attached hydrogen (secondary N) is 2. The SMILES string of the molecule is CCCOc1cc(F)ccc1NS(=O)(=O)c1ccc2c(c1)CN(C(=O)Nc1ccc(C(C)(C)C)cc1)C2. The van der Waals surface area contributed by atoms with Gasteiger partial charge in [0.2, 0.25) is 0 Å². The molecule has 0 atom stereocenters. The lowest BCUT2D eigenvalue weighted by molar-refractivity contribution is 0.212. The van der Waals surface area contributed by atoms with Gasteiger partial charge in [0.25, 0.3) is 10.0 Å². The standard InChI is InChI=1S/C28H32FN3O4S/c1-5-14-36-26-16-22(29)9-13-25(26)31-37(34,35)24-12-6-19-17-32(18-20(19)15-24)27(33)30-23-10-7-21(8-11-23)28(2,3)4/h6-13,15-16,31H,5,14,17-18H2,1-4H3,(H,30,33). The molecule has 196 valence electrons. The van der Waals surface area contributed by atoms with Crippen LogP contribution in [0.5, 0.6) is 5.75 Å². The first-order chi connectivity index (χ1) is 17.5. The van der Waals surface area contributed by atoms with Gasteiger partial charge in [-0.1, -0.05) is 45.9 Å². The summed E-state index contributed by atoms with van der Waals surface area (Å²) in [6.45, 7) is 9.28. The molecule has 0 aliphatic carbocycles. The Morgan fingerprint density at radius 1 is 1.00 bits per heavy atom. The average Bonchev–Trinajstić information content (AvgIpc) is 3.28. The van der Waals surface area contributed by atoms with Crippen molar-refractivity contribution in [3.05, 3.63) is 83.2 Å². The summed E-state index contributed by atoms with van der Waals surface area (Å²) >= 11 is 0. The van der Waals surface area contributed by atoms with E-state index >= 15 is 0 Å². The number of carbonyl (C=O) groups is 1. The molecule has 0 saturated carbocycles. The quantitative estimate of drug-likeness (QED) is 0.381. The second-order valence-electron chi connectivity index (χ2n) is 10.1. The van der Waals surface area contributed by atoms with E-state index in [9.17, 15) is 17.6 Å². The first-order valence-corrected chi connectivity index (χ1v) is 13.7. The monoisotopic (exact) mass is 525 g/mol. The van der Waals surface area contributed by atoms with Crippen LogP contribution in [-0.4, -0.2) is 26.0 Å². The molecule has 3 aromatic carbocycles. The van der Waals surface area contributed by atoms with Crippen LogP contribution < -0.4 is 14.8 Å². The molecule has 4 rings (SSSR count). The number of rotatable bonds is 7. The van der Waals surface area contributed by atoms with Crippen LogP contribution in [0.2, 0.25) is 0 Å². The fourth-order valence-electron chi connectivity index (χ4n) is 4.05. The fraction of sp³-hybridized carbons (Fsp3) is 0.321. The number of nitrogens with zero attached hydrogens (tertiary/aromatic N) is 1. The summed E-state index contributed by atoms with van der Waals surface area (Å²) in [6.07, 6.45) is 0.694. The van der Waals surface area contributed by atoms with Crippen LogP contribution in [0.4, 0.5) is 20.6 Å². The molecule has 37 heavy (non-hydrogen) atoms. The summed E-state index contributed by atoms with van der Waals surface area (Å²) in [6, 6.07) is 16.0. The number of halogens is 1. The summed E-state index contributed by atoms with van der Waals surface area (Å²) in [5.41, 5.74) is 3.68. The second kappa shape index (κ2) is 10.4. The van der Waals surface area contributed by atoms with Crippen LogP contribution >= 0.6 is 0 Å². The zero-order chi connectivity index (χ0) is 26.8. The Hall–Kier alpha value is -3.59. The van der Waals surface area contributed by atoms with E-state index in [2.05, 4.69) is 30.8 Å². The maximum Gasteiger partial charge on any atom is 0.322 e. The number of amides is 2. The molecule has 3 aromatic rings. The van der Waals surface area contributed by atoms with E-state index in [1.54, 1.807) is 17.0 Å². The van der Waals surface area contributed by atoms with E-state index in [1.807, 2.05) is 31.2 Å². The number of carbonyl (C=O) groups excluding carboxylic acids is 1. The Morgan fingerprint density at radius 3 is 2.38 bits per heavy atom. The van der Waals surface area contributed by atoms with Crippen molar-refractivity contribution >= 4 is 27.4 Å². The summed E-state index contributed by atoms with van der Waals surface area (Å²) < 4.78 is 47.9. The molecule has 0 unspecified atom stereocenters. The lowest BCUT2D eigenvalue weighted by Gasteiger charge is -2.20. The highest BCUT2D eigenvalue weighted by Crippen LogP contribution is 2.31. The van der Waals surface area contributed by atoms with Gasteiger partial charge in [-0.25, -0.2) is 17.6 Å². The highest BCUT2D eigenvalue weighted by atomic mass is 32.2. The van der Waals surface area contributed by atoms with Crippen molar-refractivity contribution in [2.45, 2.75) is 57.5 Å². The first kappa shape index (κ1) is 26.5. The number of ether oxygens (including phenoxy) is 1. The van der Waals surface area contributed by atoms with Crippen LogP contribution in [0.3, 0.4) is 0 Å². The normalized spacial score (nSPS) is 13.3. The maximum absolute atomic E-state index is 13.7. The molecule has 0 saturated heterocycles. The molecule has 0 aromatic heterocycles. The Labute approximate surface area is 217 Å². The molecule has 0 fully saturated rings. The van der Waals surface area contributed by atoms with Crippen molar-refractivity contribution in [3.63, 3.8) is 0 Å². The predicted molar refractivity (Wildman–Crippen MR) is 143 cm³/mol. The Morgan fingerprint density at radius 2 is 1.70 bits per heavy atom. The van der Waals surface area contributed by atoms with Crippen molar-refractivity contribution in [1.29, 1.82) is 0 Å². The molecular weight excluding hydrogens is 493 g/mol. The highest BCUT2D eigenvalue weighted by molar-refractivity contribution is 7.92. The van der Waals surface area contributed by atoms with Gasteiger partial charge in [-0.2, -0.15) is 0 Å². The van der Waals surface area contributed by atoms with Gasteiger partial charge in [-0.15, -0.1) is 0 Å². The minimum atomic E-state index is -3.97. The summed E-state index contributed by atoms with van der Waals surface area (Å²) in [7, 11) is -3.97. The van der Waals surface area contributed by atoms with E-state index in [4.69, 9.17) is 4.74 Å². The molecule has 2 N–H and O–H groups in total. The smallest absolute Gasteiger partial charge is 0.322 e. The lowest BCUT2D eigenvalue weighted by atomic mass is 9.87. The van der Waals surface area contributed by atoms with Gasteiger partial charge in [0.05, 0.1) is 17.2 Å². The van der Waals surface area contributed by atoms with Crippen LogP contribution in [0.1, 0.15) is 50.8 Å². The largest absolute Gasteiger partial charge is 0.491 e. The van der Waals surface area contributed by atoms with E-state index in [0.717, 1.165) is 17.2 Å². The number of hydrogen-bond acceptors (Lipinski definition) is 4. The number of hydrogen-bond donors (Lipinski definition) is 2. The molecule has 1 aliphatic heterocycles. The zero-order valence-electron chi connectivity index (χ0n) is 21.5. The first-order valence-electron chi connectivity index (χ1n) is 12.2. The number of fused-ring (bicyclic) bond motifs is 1. The summed E-state index contributed by atoms with van der Waals surface area (Å²) in [5.74, 6) is -0.389. The Kier molecular flexibility index (Phi) is 7.45. The number of anilines is 2. The molecule has 1 heterocycles. The van der Waals surface area contributed by atoms with Gasteiger partial charge in [-0.05, 0) is 64.9 Å². The third-order valence-electron chi connectivity index (χ3n) is 6.15.